The van der Waals surface area contributed by atoms with Gasteiger partial charge in [-0.25, -0.2) is 4.79 Å². The van der Waals surface area contributed by atoms with E-state index >= 15 is 0 Å². The van der Waals surface area contributed by atoms with Crippen molar-refractivity contribution in [1.82, 2.24) is 10.2 Å². The third-order valence-corrected chi connectivity index (χ3v) is 5.97. The molecule has 3 nitrogen and oxygen atoms in total. The summed E-state index contributed by atoms with van der Waals surface area (Å²) in [6, 6.07) is 0.134. The molecule has 4 saturated carbocycles. The molecule has 4 fully saturated rings. The smallest absolute Gasteiger partial charge is 0.317 e. The molecule has 0 unspecified atom stereocenters. The summed E-state index contributed by atoms with van der Waals surface area (Å²) >= 11 is 0. The summed E-state index contributed by atoms with van der Waals surface area (Å²) in [5, 5.41) is 3.24. The molecule has 4 aliphatic carbocycles. The molecule has 0 atom stereocenters. The third-order valence-electron chi connectivity index (χ3n) is 5.97. The molecule has 114 valence electrons. The van der Waals surface area contributed by atoms with E-state index in [0.29, 0.717) is 5.41 Å². The van der Waals surface area contributed by atoms with Gasteiger partial charge in [0.1, 0.15) is 0 Å². The highest BCUT2D eigenvalue weighted by molar-refractivity contribution is 5.73. The number of hydrogen-bond donors (Lipinski definition) is 1. The van der Waals surface area contributed by atoms with Crippen molar-refractivity contribution in [2.24, 2.45) is 23.2 Å². The second-order valence-electron chi connectivity index (χ2n) is 7.85. The Bertz CT molecular complexity index is 331. The van der Waals surface area contributed by atoms with E-state index in [1.165, 1.54) is 38.5 Å². The summed E-state index contributed by atoms with van der Waals surface area (Å²) in [4.78, 5) is 14.0. The lowest BCUT2D eigenvalue weighted by Crippen LogP contribution is -2.52. The van der Waals surface area contributed by atoms with Crippen molar-refractivity contribution >= 4 is 6.03 Å². The monoisotopic (exact) mass is 278 g/mol. The maximum absolute atomic E-state index is 12.2. The molecule has 20 heavy (non-hydrogen) atoms. The summed E-state index contributed by atoms with van der Waals surface area (Å²) < 4.78 is 0. The molecule has 0 saturated heterocycles. The number of amides is 2. The van der Waals surface area contributed by atoms with Crippen LogP contribution in [0.15, 0.2) is 0 Å². The van der Waals surface area contributed by atoms with Gasteiger partial charge in [0.25, 0.3) is 0 Å². The molecule has 0 aromatic carbocycles. The molecular formula is C17H30N2O. The highest BCUT2D eigenvalue weighted by Crippen LogP contribution is 2.59. The SMILES string of the molecule is CCCCN(C)C(=O)NCC12CC3CC(CC(C3)C1)C2. The maximum atomic E-state index is 12.2. The van der Waals surface area contributed by atoms with E-state index in [2.05, 4.69) is 12.2 Å². The van der Waals surface area contributed by atoms with Gasteiger partial charge in [-0.3, -0.25) is 0 Å². The van der Waals surface area contributed by atoms with Crippen LogP contribution in [0.4, 0.5) is 4.79 Å². The van der Waals surface area contributed by atoms with Crippen LogP contribution in [0.1, 0.15) is 58.3 Å². The molecule has 1 N–H and O–H groups in total. The van der Waals surface area contributed by atoms with Gasteiger partial charge in [0.15, 0.2) is 0 Å². The number of urea groups is 1. The van der Waals surface area contributed by atoms with E-state index < -0.39 is 0 Å². The third kappa shape index (κ3) is 2.82. The van der Waals surface area contributed by atoms with Crippen LogP contribution in [-0.2, 0) is 0 Å². The van der Waals surface area contributed by atoms with Crippen molar-refractivity contribution in [2.75, 3.05) is 20.1 Å². The van der Waals surface area contributed by atoms with Crippen LogP contribution >= 0.6 is 0 Å². The predicted molar refractivity (Wildman–Crippen MR) is 81.5 cm³/mol. The minimum absolute atomic E-state index is 0.134. The van der Waals surface area contributed by atoms with E-state index in [1.54, 1.807) is 0 Å². The van der Waals surface area contributed by atoms with Crippen molar-refractivity contribution in [3.05, 3.63) is 0 Å². The molecule has 4 aliphatic rings. The van der Waals surface area contributed by atoms with Gasteiger partial charge < -0.3 is 10.2 Å². The fraction of sp³-hybridized carbons (Fsp3) is 0.941. The summed E-state index contributed by atoms with van der Waals surface area (Å²) in [5.74, 6) is 2.91. The van der Waals surface area contributed by atoms with Crippen LogP contribution in [-0.4, -0.2) is 31.1 Å². The summed E-state index contributed by atoms with van der Waals surface area (Å²) in [6.07, 6.45) is 10.8. The molecule has 0 spiro atoms. The summed E-state index contributed by atoms with van der Waals surface area (Å²) in [6.45, 7) is 3.97. The van der Waals surface area contributed by atoms with Crippen molar-refractivity contribution in [2.45, 2.75) is 58.3 Å². The molecule has 0 aliphatic heterocycles. The lowest BCUT2D eigenvalue weighted by molar-refractivity contribution is -0.0501. The standard InChI is InChI=1S/C17H30N2O/c1-3-4-5-19(2)16(20)18-12-17-9-13-6-14(10-17)8-15(7-13)11-17/h13-15H,3-12H2,1-2H3,(H,18,20). The highest BCUT2D eigenvalue weighted by Gasteiger charge is 2.50. The van der Waals surface area contributed by atoms with Gasteiger partial charge in [0.05, 0.1) is 0 Å². The van der Waals surface area contributed by atoms with Gasteiger partial charge in [-0.2, -0.15) is 0 Å². The topological polar surface area (TPSA) is 32.3 Å². The minimum Gasteiger partial charge on any atom is -0.337 e. The Hall–Kier alpha value is -0.730. The average molecular weight is 278 g/mol. The number of carbonyl (C=O) groups is 1. The van der Waals surface area contributed by atoms with Crippen LogP contribution in [0.3, 0.4) is 0 Å². The van der Waals surface area contributed by atoms with Crippen LogP contribution in [0, 0.1) is 23.2 Å². The quantitative estimate of drug-likeness (QED) is 0.818. The number of nitrogens with zero attached hydrogens (tertiary/aromatic N) is 1. The van der Waals surface area contributed by atoms with E-state index in [0.717, 1.165) is 43.7 Å². The zero-order chi connectivity index (χ0) is 14.2. The van der Waals surface area contributed by atoms with Crippen LogP contribution in [0.2, 0.25) is 0 Å². The van der Waals surface area contributed by atoms with E-state index in [4.69, 9.17) is 0 Å². The Morgan fingerprint density at radius 3 is 2.20 bits per heavy atom. The van der Waals surface area contributed by atoms with Gasteiger partial charge in [0.2, 0.25) is 0 Å². The van der Waals surface area contributed by atoms with Crippen molar-refractivity contribution < 1.29 is 4.79 Å². The molecular weight excluding hydrogens is 248 g/mol. The Balaban J connectivity index is 1.52. The average Bonchev–Trinajstić information content (AvgIpc) is 2.40. The molecule has 0 heterocycles. The highest BCUT2D eigenvalue weighted by atomic mass is 16.2. The molecule has 0 aromatic rings. The van der Waals surface area contributed by atoms with Crippen LogP contribution in [0.5, 0.6) is 0 Å². The zero-order valence-electron chi connectivity index (χ0n) is 13.2. The summed E-state index contributed by atoms with van der Waals surface area (Å²) in [7, 11) is 1.92. The fourth-order valence-corrected chi connectivity index (χ4v) is 5.40. The predicted octanol–water partition coefficient (Wildman–Crippen LogP) is 3.64. The Kier molecular flexibility index (Phi) is 3.96. The van der Waals surface area contributed by atoms with Gasteiger partial charge >= 0.3 is 6.03 Å². The largest absolute Gasteiger partial charge is 0.337 e. The normalized spacial score (nSPS) is 38.0. The number of carbonyl (C=O) groups excluding carboxylic acids is 1. The van der Waals surface area contributed by atoms with E-state index in [9.17, 15) is 4.79 Å². The molecule has 3 heteroatoms. The molecule has 0 aromatic heterocycles. The van der Waals surface area contributed by atoms with Gasteiger partial charge in [-0.05, 0) is 68.1 Å². The number of nitrogens with one attached hydrogen (secondary N) is 1. The van der Waals surface area contributed by atoms with E-state index in [1.807, 2.05) is 11.9 Å². The first-order chi connectivity index (χ1) is 9.60. The first-order valence-corrected chi connectivity index (χ1v) is 8.59. The molecule has 4 rings (SSSR count). The number of rotatable bonds is 5. The molecule has 2 amide bonds. The van der Waals surface area contributed by atoms with E-state index in [-0.39, 0.29) is 6.03 Å². The lowest BCUT2D eigenvalue weighted by Gasteiger charge is -2.57. The Labute approximate surface area is 123 Å². The van der Waals surface area contributed by atoms with Crippen molar-refractivity contribution in [1.29, 1.82) is 0 Å². The first-order valence-electron chi connectivity index (χ1n) is 8.59. The Morgan fingerprint density at radius 2 is 1.70 bits per heavy atom. The van der Waals surface area contributed by atoms with Crippen LogP contribution < -0.4 is 5.32 Å². The van der Waals surface area contributed by atoms with Gasteiger partial charge in [0, 0.05) is 20.1 Å². The molecule has 0 radical (unpaired) electrons. The van der Waals surface area contributed by atoms with Gasteiger partial charge in [-0.15, -0.1) is 0 Å². The minimum atomic E-state index is 0.134. The summed E-state index contributed by atoms with van der Waals surface area (Å²) in [5.41, 5.74) is 0.454. The van der Waals surface area contributed by atoms with Gasteiger partial charge in [-0.1, -0.05) is 13.3 Å². The van der Waals surface area contributed by atoms with Crippen molar-refractivity contribution in [3.63, 3.8) is 0 Å². The zero-order valence-corrected chi connectivity index (χ0v) is 13.2. The maximum Gasteiger partial charge on any atom is 0.317 e. The number of unbranched alkanes of at least 4 members (excludes halogenated alkanes) is 1. The van der Waals surface area contributed by atoms with Crippen LogP contribution in [0.25, 0.3) is 0 Å². The Morgan fingerprint density at radius 1 is 1.15 bits per heavy atom. The first kappa shape index (κ1) is 14.2. The second kappa shape index (κ2) is 5.57. The molecule has 4 bridgehead atoms. The fourth-order valence-electron chi connectivity index (χ4n) is 5.40. The lowest BCUT2D eigenvalue weighted by atomic mass is 9.49. The second-order valence-corrected chi connectivity index (χ2v) is 7.85. The number of hydrogen-bond acceptors (Lipinski definition) is 1. The van der Waals surface area contributed by atoms with Crippen molar-refractivity contribution in [3.8, 4) is 0 Å².